The maximum Gasteiger partial charge on any atom is 0.338 e. The molecular weight excluding hydrogens is 376 g/mol. The molecule has 1 aliphatic carbocycles. The lowest BCUT2D eigenvalue weighted by molar-refractivity contribution is -0.164. The normalized spacial score (nSPS) is 28.3. The number of rotatable bonds is 3. The van der Waals surface area contributed by atoms with Gasteiger partial charge in [0.15, 0.2) is 0 Å². The smallest absolute Gasteiger partial charge is 0.338 e. The standard InChI is InChI=1S/C22H34O7/c1-21(2,3)13-7-11(8-14(17(13)25)22(4,5)6)20(28)29-15-9-12(10-23)16(24)19(27)18(15)26/h7-8,12,15-16,18-19,23-27H,9-10H2,1-6H3/t12-,15?,16-,18+,19+/m1/s1. The highest BCUT2D eigenvalue weighted by Gasteiger charge is 2.44. The van der Waals surface area contributed by atoms with E-state index in [4.69, 9.17) is 4.74 Å². The van der Waals surface area contributed by atoms with Gasteiger partial charge in [-0.25, -0.2) is 4.79 Å². The molecule has 0 aliphatic heterocycles. The van der Waals surface area contributed by atoms with Crippen molar-refractivity contribution in [3.63, 3.8) is 0 Å². The van der Waals surface area contributed by atoms with Crippen LogP contribution in [0.1, 0.15) is 69.4 Å². The van der Waals surface area contributed by atoms with Crippen LogP contribution in [0.3, 0.4) is 0 Å². The van der Waals surface area contributed by atoms with Gasteiger partial charge >= 0.3 is 5.97 Å². The number of phenols is 1. The molecule has 1 fully saturated rings. The summed E-state index contributed by atoms with van der Waals surface area (Å²) < 4.78 is 5.46. The van der Waals surface area contributed by atoms with Crippen LogP contribution in [-0.4, -0.2) is 62.5 Å². The number of carbonyl (C=O) groups excluding carboxylic acids is 1. The molecule has 1 saturated carbocycles. The Kier molecular flexibility index (Phi) is 6.69. The molecule has 1 aliphatic rings. The fourth-order valence-electron chi connectivity index (χ4n) is 3.68. The van der Waals surface area contributed by atoms with E-state index in [-0.39, 0.29) is 17.7 Å². The monoisotopic (exact) mass is 410 g/mol. The van der Waals surface area contributed by atoms with Gasteiger partial charge in [-0.15, -0.1) is 0 Å². The van der Waals surface area contributed by atoms with Crippen LogP contribution >= 0.6 is 0 Å². The zero-order valence-electron chi connectivity index (χ0n) is 18.0. The molecular formula is C22H34O7. The van der Waals surface area contributed by atoms with Crippen LogP contribution in [0, 0.1) is 5.92 Å². The summed E-state index contributed by atoms with van der Waals surface area (Å²) in [6, 6.07) is 3.16. The number of carbonyl (C=O) groups is 1. The molecule has 0 saturated heterocycles. The Labute approximate surface area is 172 Å². The topological polar surface area (TPSA) is 127 Å². The summed E-state index contributed by atoms with van der Waals surface area (Å²) in [6.07, 6.45) is -5.31. The van der Waals surface area contributed by atoms with Crippen molar-refractivity contribution in [1.82, 2.24) is 0 Å². The molecule has 2 rings (SSSR count). The molecule has 0 amide bonds. The first-order valence-corrected chi connectivity index (χ1v) is 9.92. The summed E-state index contributed by atoms with van der Waals surface area (Å²) in [5.41, 5.74) is 0.584. The van der Waals surface area contributed by atoms with E-state index in [2.05, 4.69) is 0 Å². The van der Waals surface area contributed by atoms with Crippen LogP contribution in [0.4, 0.5) is 0 Å². The van der Waals surface area contributed by atoms with Crippen LogP contribution in [0.25, 0.3) is 0 Å². The molecule has 0 bridgehead atoms. The lowest BCUT2D eigenvalue weighted by Gasteiger charge is -2.39. The number of aromatic hydroxyl groups is 1. The third-order valence-electron chi connectivity index (χ3n) is 5.55. The van der Waals surface area contributed by atoms with E-state index in [0.717, 1.165) is 0 Å². The molecule has 7 heteroatoms. The summed E-state index contributed by atoms with van der Waals surface area (Å²) >= 11 is 0. The van der Waals surface area contributed by atoms with Gasteiger partial charge in [0.25, 0.3) is 0 Å². The second kappa shape index (κ2) is 8.22. The first-order valence-electron chi connectivity index (χ1n) is 9.92. The third-order valence-corrected chi connectivity index (χ3v) is 5.55. The first kappa shape index (κ1) is 23.6. The van der Waals surface area contributed by atoms with E-state index >= 15 is 0 Å². The fourth-order valence-corrected chi connectivity index (χ4v) is 3.68. The molecule has 164 valence electrons. The van der Waals surface area contributed by atoms with Crippen LogP contribution in [-0.2, 0) is 15.6 Å². The van der Waals surface area contributed by atoms with Gasteiger partial charge in [-0.2, -0.15) is 0 Å². The minimum absolute atomic E-state index is 0.0258. The summed E-state index contributed by atoms with van der Waals surface area (Å²) in [6.45, 7) is 11.2. The van der Waals surface area contributed by atoms with Crippen molar-refractivity contribution < 1.29 is 35.1 Å². The van der Waals surface area contributed by atoms with Gasteiger partial charge in [-0.1, -0.05) is 41.5 Å². The number of aliphatic hydroxyl groups excluding tert-OH is 4. The van der Waals surface area contributed by atoms with Crippen LogP contribution in [0.5, 0.6) is 5.75 Å². The second-order valence-corrected chi connectivity index (χ2v) is 10.0. The Balaban J connectivity index is 2.40. The fraction of sp³-hybridized carbons (Fsp3) is 0.682. The molecule has 7 nitrogen and oxygen atoms in total. The Morgan fingerprint density at radius 1 is 0.966 bits per heavy atom. The van der Waals surface area contributed by atoms with E-state index in [1.54, 1.807) is 12.1 Å². The molecule has 0 radical (unpaired) electrons. The maximum atomic E-state index is 12.9. The molecule has 5 atom stereocenters. The van der Waals surface area contributed by atoms with E-state index in [9.17, 15) is 30.3 Å². The Bertz CT molecular complexity index is 708. The predicted molar refractivity (Wildman–Crippen MR) is 108 cm³/mol. The lowest BCUT2D eigenvalue weighted by Crippen LogP contribution is -2.55. The summed E-state index contributed by atoms with van der Waals surface area (Å²) in [5.74, 6) is -1.27. The maximum absolute atomic E-state index is 12.9. The van der Waals surface area contributed by atoms with E-state index in [1.165, 1.54) is 0 Å². The highest BCUT2D eigenvalue weighted by molar-refractivity contribution is 5.90. The molecule has 29 heavy (non-hydrogen) atoms. The van der Waals surface area contributed by atoms with Crippen LogP contribution in [0.15, 0.2) is 12.1 Å². The van der Waals surface area contributed by atoms with Crippen molar-refractivity contribution in [2.45, 2.75) is 83.2 Å². The number of hydrogen-bond acceptors (Lipinski definition) is 7. The Morgan fingerprint density at radius 2 is 1.45 bits per heavy atom. The highest BCUT2D eigenvalue weighted by Crippen LogP contribution is 2.40. The molecule has 1 aromatic rings. The molecule has 0 heterocycles. The first-order chi connectivity index (χ1) is 13.2. The van der Waals surface area contributed by atoms with Crippen molar-refractivity contribution in [3.05, 3.63) is 28.8 Å². The number of aliphatic hydroxyl groups is 4. The SMILES string of the molecule is CC(C)(C)c1cc(C(=O)OC2C[C@H](CO)[C@@H](O)[C@H](O)[C@H]2O)cc(C(C)(C)C)c1O. The van der Waals surface area contributed by atoms with Gasteiger partial charge in [0.2, 0.25) is 0 Å². The van der Waals surface area contributed by atoms with Crippen molar-refractivity contribution in [2.75, 3.05) is 6.61 Å². The average molecular weight is 411 g/mol. The van der Waals surface area contributed by atoms with Crippen LogP contribution in [0.2, 0.25) is 0 Å². The average Bonchev–Trinajstić information content (AvgIpc) is 2.60. The number of ether oxygens (including phenoxy) is 1. The number of benzene rings is 1. The predicted octanol–water partition coefficient (Wildman–Crippen LogP) is 1.61. The quantitative estimate of drug-likeness (QED) is 0.479. The minimum atomic E-state index is -1.52. The van der Waals surface area contributed by atoms with Crippen molar-refractivity contribution >= 4 is 5.97 Å². The highest BCUT2D eigenvalue weighted by atomic mass is 16.6. The Hall–Kier alpha value is -1.67. The van der Waals surface area contributed by atoms with Gasteiger partial charge < -0.3 is 30.3 Å². The summed E-state index contributed by atoms with van der Waals surface area (Å²) in [4.78, 5) is 12.9. The zero-order valence-corrected chi connectivity index (χ0v) is 18.0. The Morgan fingerprint density at radius 3 is 1.86 bits per heavy atom. The van der Waals surface area contributed by atoms with E-state index in [0.29, 0.717) is 11.1 Å². The summed E-state index contributed by atoms with van der Waals surface area (Å²) in [7, 11) is 0. The van der Waals surface area contributed by atoms with Gasteiger partial charge in [0, 0.05) is 23.7 Å². The van der Waals surface area contributed by atoms with Gasteiger partial charge in [-0.05, 0) is 29.4 Å². The van der Waals surface area contributed by atoms with Crippen LogP contribution < -0.4 is 0 Å². The molecule has 1 aromatic carbocycles. The van der Waals surface area contributed by atoms with E-state index < -0.39 is 53.7 Å². The summed E-state index contributed by atoms with van der Waals surface area (Å²) in [5, 5.41) is 50.3. The largest absolute Gasteiger partial charge is 0.507 e. The third kappa shape index (κ3) is 4.91. The second-order valence-electron chi connectivity index (χ2n) is 10.0. The van der Waals surface area contributed by atoms with Crippen molar-refractivity contribution in [2.24, 2.45) is 5.92 Å². The number of phenolic OH excluding ortho intramolecular Hbond substituents is 1. The molecule has 5 N–H and O–H groups in total. The van der Waals surface area contributed by atoms with Gasteiger partial charge in [-0.3, -0.25) is 0 Å². The van der Waals surface area contributed by atoms with Crippen molar-refractivity contribution in [3.8, 4) is 5.75 Å². The molecule has 0 spiro atoms. The lowest BCUT2D eigenvalue weighted by atomic mass is 9.78. The van der Waals surface area contributed by atoms with E-state index in [1.807, 2.05) is 41.5 Å². The zero-order chi connectivity index (χ0) is 22.3. The molecule has 0 aromatic heterocycles. The number of esters is 1. The molecule has 1 unspecified atom stereocenters. The minimum Gasteiger partial charge on any atom is -0.507 e. The number of hydrogen-bond donors (Lipinski definition) is 5. The van der Waals surface area contributed by atoms with Gasteiger partial charge in [0.05, 0.1) is 11.7 Å². The van der Waals surface area contributed by atoms with Crippen molar-refractivity contribution in [1.29, 1.82) is 0 Å². The van der Waals surface area contributed by atoms with Gasteiger partial charge in [0.1, 0.15) is 24.1 Å².